The summed E-state index contributed by atoms with van der Waals surface area (Å²) in [4.78, 5) is 4.29. The molecule has 0 radical (unpaired) electrons. The maximum atomic E-state index is 5.69. The number of ether oxygens (including phenoxy) is 3. The summed E-state index contributed by atoms with van der Waals surface area (Å²) in [5.41, 5.74) is 0.762. The first-order valence-corrected chi connectivity index (χ1v) is 9.51. The predicted octanol–water partition coefficient (Wildman–Crippen LogP) is 5.00. The van der Waals surface area contributed by atoms with Crippen molar-refractivity contribution in [3.8, 4) is 17.7 Å². The molecule has 0 atom stereocenters. The Labute approximate surface area is 159 Å². The molecule has 0 fully saturated rings. The van der Waals surface area contributed by atoms with Crippen molar-refractivity contribution in [1.82, 2.24) is 4.98 Å². The summed E-state index contributed by atoms with van der Waals surface area (Å²) in [6.07, 6.45) is 5.57. The molecular formula is C22H35NO3. The maximum absolute atomic E-state index is 5.69. The molecule has 1 aromatic heterocycles. The number of hydrogen-bond donors (Lipinski definition) is 0. The van der Waals surface area contributed by atoms with Gasteiger partial charge in [-0.3, -0.25) is 0 Å². The number of pyridine rings is 1. The Morgan fingerprint density at radius 2 is 1.50 bits per heavy atom. The average molecular weight is 362 g/mol. The SMILES string of the molecule is CC(C)(C)OCCCCC#Cc1ccc(OCCCOC(C)(C)C)nc1. The standard InChI is InChI=1S/C22H35NO3/c1-21(2,3)25-16-10-8-7-9-12-19-13-14-20(23-18-19)24-15-11-17-26-22(4,5)6/h13-14,18H,7-8,10-11,15-17H2,1-6H3. The first-order chi connectivity index (χ1) is 12.2. The average Bonchev–Trinajstić information content (AvgIpc) is 2.53. The second kappa shape index (κ2) is 11.2. The van der Waals surface area contributed by atoms with E-state index in [0.29, 0.717) is 19.1 Å². The minimum atomic E-state index is -0.0990. The monoisotopic (exact) mass is 361 g/mol. The Kier molecular flexibility index (Phi) is 9.69. The number of unbranched alkanes of at least 4 members (excludes halogenated alkanes) is 2. The van der Waals surface area contributed by atoms with Gasteiger partial charge in [-0.15, -0.1) is 0 Å². The smallest absolute Gasteiger partial charge is 0.213 e. The molecule has 26 heavy (non-hydrogen) atoms. The van der Waals surface area contributed by atoms with Gasteiger partial charge in [0.15, 0.2) is 0 Å². The van der Waals surface area contributed by atoms with Gasteiger partial charge in [0.05, 0.1) is 24.4 Å². The lowest BCUT2D eigenvalue weighted by atomic mass is 10.2. The Morgan fingerprint density at radius 3 is 2.08 bits per heavy atom. The molecule has 0 spiro atoms. The van der Waals surface area contributed by atoms with E-state index < -0.39 is 0 Å². The normalized spacial score (nSPS) is 11.8. The Morgan fingerprint density at radius 1 is 0.846 bits per heavy atom. The largest absolute Gasteiger partial charge is 0.478 e. The van der Waals surface area contributed by atoms with Crippen LogP contribution in [0.2, 0.25) is 0 Å². The topological polar surface area (TPSA) is 40.6 Å². The Hall–Kier alpha value is -1.57. The zero-order valence-electron chi connectivity index (χ0n) is 17.4. The van der Waals surface area contributed by atoms with E-state index in [9.17, 15) is 0 Å². The molecule has 0 aromatic carbocycles. The van der Waals surface area contributed by atoms with Gasteiger partial charge >= 0.3 is 0 Å². The lowest BCUT2D eigenvalue weighted by Gasteiger charge is -2.19. The number of aromatic nitrogens is 1. The first-order valence-electron chi connectivity index (χ1n) is 9.51. The van der Waals surface area contributed by atoms with Crippen molar-refractivity contribution in [3.63, 3.8) is 0 Å². The van der Waals surface area contributed by atoms with Gasteiger partial charge in [0.1, 0.15) is 0 Å². The van der Waals surface area contributed by atoms with Crippen molar-refractivity contribution in [2.24, 2.45) is 0 Å². The summed E-state index contributed by atoms with van der Waals surface area (Å²) in [6.45, 7) is 14.5. The van der Waals surface area contributed by atoms with Crippen LogP contribution in [0.3, 0.4) is 0 Å². The van der Waals surface area contributed by atoms with Crippen LogP contribution >= 0.6 is 0 Å². The highest BCUT2D eigenvalue weighted by Gasteiger charge is 2.09. The summed E-state index contributed by atoms with van der Waals surface area (Å²) >= 11 is 0. The Balaban J connectivity index is 2.19. The molecule has 0 amide bonds. The van der Waals surface area contributed by atoms with Crippen molar-refractivity contribution in [1.29, 1.82) is 0 Å². The van der Waals surface area contributed by atoms with Crippen molar-refractivity contribution in [3.05, 3.63) is 23.9 Å². The predicted molar refractivity (Wildman–Crippen MR) is 106 cm³/mol. The maximum Gasteiger partial charge on any atom is 0.213 e. The molecule has 1 heterocycles. The van der Waals surface area contributed by atoms with E-state index in [0.717, 1.165) is 37.9 Å². The summed E-state index contributed by atoms with van der Waals surface area (Å²) in [5.74, 6) is 6.96. The molecule has 4 heteroatoms. The van der Waals surface area contributed by atoms with Crippen molar-refractivity contribution in [2.75, 3.05) is 19.8 Å². The highest BCUT2D eigenvalue weighted by atomic mass is 16.5. The van der Waals surface area contributed by atoms with Crippen LogP contribution in [0.4, 0.5) is 0 Å². The fourth-order valence-electron chi connectivity index (χ4n) is 2.01. The molecule has 0 saturated heterocycles. The van der Waals surface area contributed by atoms with E-state index in [4.69, 9.17) is 14.2 Å². The lowest BCUT2D eigenvalue weighted by Crippen LogP contribution is -2.20. The van der Waals surface area contributed by atoms with Gasteiger partial charge in [0, 0.05) is 37.3 Å². The van der Waals surface area contributed by atoms with Gasteiger partial charge < -0.3 is 14.2 Å². The molecule has 0 unspecified atom stereocenters. The third-order valence-electron chi connectivity index (χ3n) is 3.27. The second-order valence-corrected chi connectivity index (χ2v) is 8.27. The molecule has 1 aromatic rings. The van der Waals surface area contributed by atoms with E-state index in [1.807, 2.05) is 12.1 Å². The van der Waals surface area contributed by atoms with Crippen LogP contribution in [-0.2, 0) is 9.47 Å². The number of rotatable bonds is 9. The highest BCUT2D eigenvalue weighted by molar-refractivity contribution is 5.33. The van der Waals surface area contributed by atoms with Gasteiger partial charge in [0.2, 0.25) is 5.88 Å². The van der Waals surface area contributed by atoms with Crippen LogP contribution < -0.4 is 4.74 Å². The fourth-order valence-corrected chi connectivity index (χ4v) is 2.01. The molecule has 146 valence electrons. The first kappa shape index (κ1) is 22.5. The van der Waals surface area contributed by atoms with Crippen LogP contribution in [0.15, 0.2) is 18.3 Å². The summed E-state index contributed by atoms with van der Waals surface area (Å²) in [6, 6.07) is 3.81. The van der Waals surface area contributed by atoms with Gasteiger partial charge in [-0.25, -0.2) is 4.98 Å². The van der Waals surface area contributed by atoms with Crippen molar-refractivity contribution < 1.29 is 14.2 Å². The van der Waals surface area contributed by atoms with Gasteiger partial charge in [0.25, 0.3) is 0 Å². The van der Waals surface area contributed by atoms with Crippen molar-refractivity contribution >= 4 is 0 Å². The van der Waals surface area contributed by atoms with Crippen LogP contribution in [0.1, 0.15) is 72.8 Å². The van der Waals surface area contributed by atoms with E-state index in [1.54, 1.807) is 6.20 Å². The summed E-state index contributed by atoms with van der Waals surface area (Å²) in [5, 5.41) is 0. The summed E-state index contributed by atoms with van der Waals surface area (Å²) < 4.78 is 17.0. The van der Waals surface area contributed by atoms with Gasteiger partial charge in [-0.1, -0.05) is 11.8 Å². The quantitative estimate of drug-likeness (QED) is 0.458. The molecular weight excluding hydrogens is 326 g/mol. The van der Waals surface area contributed by atoms with Crippen molar-refractivity contribution in [2.45, 2.75) is 78.4 Å². The molecule has 0 N–H and O–H groups in total. The molecule has 4 nitrogen and oxygen atoms in total. The number of hydrogen-bond acceptors (Lipinski definition) is 4. The fraction of sp³-hybridized carbons (Fsp3) is 0.682. The molecule has 0 aliphatic rings. The third kappa shape index (κ3) is 12.7. The second-order valence-electron chi connectivity index (χ2n) is 8.27. The van der Waals surface area contributed by atoms with Crippen LogP contribution in [0.25, 0.3) is 0 Å². The van der Waals surface area contributed by atoms with Crippen LogP contribution in [0.5, 0.6) is 5.88 Å². The van der Waals surface area contributed by atoms with E-state index in [1.165, 1.54) is 0 Å². The lowest BCUT2D eigenvalue weighted by molar-refractivity contribution is -0.00787. The zero-order valence-corrected chi connectivity index (χ0v) is 17.4. The minimum Gasteiger partial charge on any atom is -0.478 e. The summed E-state index contributed by atoms with van der Waals surface area (Å²) in [7, 11) is 0. The third-order valence-corrected chi connectivity index (χ3v) is 3.27. The van der Waals surface area contributed by atoms with E-state index in [2.05, 4.69) is 58.4 Å². The Bertz CT molecular complexity index is 556. The number of nitrogens with zero attached hydrogens (tertiary/aromatic N) is 1. The van der Waals surface area contributed by atoms with Crippen LogP contribution in [0, 0.1) is 11.8 Å². The molecule has 0 aliphatic carbocycles. The van der Waals surface area contributed by atoms with Gasteiger partial charge in [-0.05, 0) is 60.5 Å². The molecule has 0 bridgehead atoms. The highest BCUT2D eigenvalue weighted by Crippen LogP contribution is 2.10. The van der Waals surface area contributed by atoms with E-state index >= 15 is 0 Å². The van der Waals surface area contributed by atoms with E-state index in [-0.39, 0.29) is 11.2 Å². The zero-order chi connectivity index (χ0) is 19.5. The molecule has 1 rings (SSSR count). The molecule has 0 saturated carbocycles. The molecule has 0 aliphatic heterocycles. The minimum absolute atomic E-state index is 0.0548. The van der Waals surface area contributed by atoms with Gasteiger partial charge in [-0.2, -0.15) is 0 Å². The van der Waals surface area contributed by atoms with Crippen LogP contribution in [-0.4, -0.2) is 36.0 Å².